The first-order valence-corrected chi connectivity index (χ1v) is 10.2. The van der Waals surface area contributed by atoms with Crippen LogP contribution in [0.3, 0.4) is 0 Å². The van der Waals surface area contributed by atoms with Crippen LogP contribution in [-0.4, -0.2) is 55.6 Å². The van der Waals surface area contributed by atoms with Crippen molar-refractivity contribution in [1.29, 1.82) is 0 Å². The third kappa shape index (κ3) is 3.14. The molecule has 24 heavy (non-hydrogen) atoms. The maximum absolute atomic E-state index is 13.3. The SMILES string of the molecule is CN1CCC(C(=O)N2CCc3ccsc3C2C2CCOCC2)CC1. The molecule has 4 rings (SSSR count). The van der Waals surface area contributed by atoms with E-state index in [1.807, 2.05) is 11.3 Å². The Hall–Kier alpha value is -0.910. The van der Waals surface area contributed by atoms with Gasteiger partial charge in [-0.15, -0.1) is 11.3 Å². The fraction of sp³-hybridized carbons (Fsp3) is 0.737. The van der Waals surface area contributed by atoms with Gasteiger partial charge in [0, 0.05) is 30.6 Å². The van der Waals surface area contributed by atoms with Crippen molar-refractivity contribution in [3.63, 3.8) is 0 Å². The fourth-order valence-electron chi connectivity index (χ4n) is 4.57. The summed E-state index contributed by atoms with van der Waals surface area (Å²) in [5.74, 6) is 1.20. The standard InChI is InChI=1S/C19H28N2O2S/c1-20-8-2-16(3-9-20)19(22)21-10-4-15-7-13-24-18(15)17(21)14-5-11-23-12-6-14/h7,13-14,16-17H,2-6,8-12H2,1H3. The van der Waals surface area contributed by atoms with E-state index in [2.05, 4.69) is 28.3 Å². The Morgan fingerprint density at radius 2 is 1.92 bits per heavy atom. The Morgan fingerprint density at radius 3 is 2.67 bits per heavy atom. The molecule has 132 valence electrons. The predicted octanol–water partition coefficient (Wildman–Crippen LogP) is 2.94. The van der Waals surface area contributed by atoms with Crippen LogP contribution in [0.1, 0.15) is 42.2 Å². The minimum atomic E-state index is 0.227. The van der Waals surface area contributed by atoms with Crippen LogP contribution >= 0.6 is 11.3 Å². The smallest absolute Gasteiger partial charge is 0.226 e. The molecule has 0 N–H and O–H groups in total. The average Bonchev–Trinajstić information content (AvgIpc) is 3.10. The van der Waals surface area contributed by atoms with Crippen LogP contribution in [-0.2, 0) is 16.0 Å². The normalized spacial score (nSPS) is 27.2. The van der Waals surface area contributed by atoms with Gasteiger partial charge in [-0.25, -0.2) is 0 Å². The highest BCUT2D eigenvalue weighted by atomic mass is 32.1. The number of carbonyl (C=O) groups is 1. The number of amides is 1. The third-order valence-corrected chi connectivity index (χ3v) is 7.10. The van der Waals surface area contributed by atoms with Crippen molar-refractivity contribution in [2.24, 2.45) is 11.8 Å². The zero-order valence-corrected chi connectivity index (χ0v) is 15.4. The van der Waals surface area contributed by atoms with E-state index in [1.54, 1.807) is 0 Å². The molecular formula is C19H28N2O2S. The van der Waals surface area contributed by atoms with Crippen LogP contribution in [0.25, 0.3) is 0 Å². The zero-order chi connectivity index (χ0) is 16.5. The quantitative estimate of drug-likeness (QED) is 0.824. The minimum Gasteiger partial charge on any atom is -0.381 e. The van der Waals surface area contributed by atoms with Gasteiger partial charge in [-0.2, -0.15) is 0 Å². The van der Waals surface area contributed by atoms with Gasteiger partial charge in [-0.1, -0.05) is 0 Å². The molecule has 4 heterocycles. The van der Waals surface area contributed by atoms with Crippen LogP contribution in [0.2, 0.25) is 0 Å². The lowest BCUT2D eigenvalue weighted by Gasteiger charge is -2.43. The van der Waals surface area contributed by atoms with Crippen molar-refractivity contribution < 1.29 is 9.53 Å². The molecule has 1 aromatic rings. The first-order chi connectivity index (χ1) is 11.7. The van der Waals surface area contributed by atoms with Crippen LogP contribution in [0.4, 0.5) is 0 Å². The molecule has 0 bridgehead atoms. The summed E-state index contributed by atoms with van der Waals surface area (Å²) in [5, 5.41) is 2.21. The molecule has 0 saturated carbocycles. The molecule has 0 radical (unpaired) electrons. The lowest BCUT2D eigenvalue weighted by molar-refractivity contribution is -0.142. The molecule has 1 amide bonds. The topological polar surface area (TPSA) is 32.8 Å². The van der Waals surface area contributed by atoms with Gasteiger partial charge in [0.1, 0.15) is 0 Å². The number of likely N-dealkylation sites (tertiary alicyclic amines) is 1. The van der Waals surface area contributed by atoms with Crippen LogP contribution < -0.4 is 0 Å². The molecule has 0 aromatic carbocycles. The summed E-state index contributed by atoms with van der Waals surface area (Å²) in [6.45, 7) is 4.69. The van der Waals surface area contributed by atoms with E-state index in [1.165, 1.54) is 10.4 Å². The summed E-state index contributed by atoms with van der Waals surface area (Å²) in [5.41, 5.74) is 1.48. The zero-order valence-electron chi connectivity index (χ0n) is 14.6. The molecule has 0 spiro atoms. The predicted molar refractivity (Wildman–Crippen MR) is 96.2 cm³/mol. The molecular weight excluding hydrogens is 320 g/mol. The Balaban J connectivity index is 1.57. The molecule has 1 unspecified atom stereocenters. The van der Waals surface area contributed by atoms with Crippen molar-refractivity contribution in [3.05, 3.63) is 21.9 Å². The number of nitrogens with zero attached hydrogens (tertiary/aromatic N) is 2. The van der Waals surface area contributed by atoms with Gasteiger partial charge in [-0.3, -0.25) is 4.79 Å². The second-order valence-corrected chi connectivity index (χ2v) is 8.51. The number of rotatable bonds is 2. The summed E-state index contributed by atoms with van der Waals surface area (Å²) in [7, 11) is 2.16. The Bertz CT molecular complexity index is 574. The summed E-state index contributed by atoms with van der Waals surface area (Å²) in [4.78, 5) is 19.4. The van der Waals surface area contributed by atoms with E-state index in [4.69, 9.17) is 4.74 Å². The monoisotopic (exact) mass is 348 g/mol. The lowest BCUT2D eigenvalue weighted by Crippen LogP contribution is -2.48. The fourth-order valence-corrected chi connectivity index (χ4v) is 5.73. The van der Waals surface area contributed by atoms with E-state index >= 15 is 0 Å². The van der Waals surface area contributed by atoms with Gasteiger partial charge < -0.3 is 14.5 Å². The number of piperidine rings is 1. The largest absolute Gasteiger partial charge is 0.381 e. The van der Waals surface area contributed by atoms with Crippen molar-refractivity contribution in [1.82, 2.24) is 9.80 Å². The van der Waals surface area contributed by atoms with Crippen LogP contribution in [0, 0.1) is 11.8 Å². The Labute approximate surface area is 148 Å². The van der Waals surface area contributed by atoms with Crippen molar-refractivity contribution in [3.8, 4) is 0 Å². The molecule has 2 saturated heterocycles. The summed E-state index contributed by atoms with van der Waals surface area (Å²) >= 11 is 1.85. The third-order valence-electron chi connectivity index (χ3n) is 6.07. The average molecular weight is 349 g/mol. The molecule has 3 aliphatic heterocycles. The van der Waals surface area contributed by atoms with Crippen molar-refractivity contribution >= 4 is 17.2 Å². The highest BCUT2D eigenvalue weighted by molar-refractivity contribution is 7.10. The van der Waals surface area contributed by atoms with Crippen molar-refractivity contribution in [2.75, 3.05) is 39.9 Å². The van der Waals surface area contributed by atoms with Gasteiger partial charge in [-0.05, 0) is 75.2 Å². The molecule has 1 aromatic heterocycles. The highest BCUT2D eigenvalue weighted by Crippen LogP contribution is 2.43. The second kappa shape index (κ2) is 7.14. The first-order valence-electron chi connectivity index (χ1n) is 9.37. The summed E-state index contributed by atoms with van der Waals surface area (Å²) < 4.78 is 5.58. The maximum atomic E-state index is 13.3. The van der Waals surface area contributed by atoms with Gasteiger partial charge in [0.25, 0.3) is 0 Å². The van der Waals surface area contributed by atoms with E-state index in [-0.39, 0.29) is 5.92 Å². The Morgan fingerprint density at radius 1 is 1.17 bits per heavy atom. The molecule has 1 atom stereocenters. The number of hydrogen-bond acceptors (Lipinski definition) is 4. The number of ether oxygens (including phenoxy) is 1. The van der Waals surface area contributed by atoms with E-state index in [0.717, 1.165) is 65.0 Å². The number of hydrogen-bond donors (Lipinski definition) is 0. The molecule has 0 aliphatic carbocycles. The lowest BCUT2D eigenvalue weighted by atomic mass is 9.84. The molecule has 5 heteroatoms. The van der Waals surface area contributed by atoms with Gasteiger partial charge in [0.2, 0.25) is 5.91 Å². The molecule has 3 aliphatic rings. The first kappa shape index (κ1) is 16.6. The number of fused-ring (bicyclic) bond motifs is 1. The summed E-state index contributed by atoms with van der Waals surface area (Å²) in [6, 6.07) is 2.56. The van der Waals surface area contributed by atoms with Gasteiger partial charge in [0.05, 0.1) is 6.04 Å². The van der Waals surface area contributed by atoms with Gasteiger partial charge >= 0.3 is 0 Å². The van der Waals surface area contributed by atoms with Crippen LogP contribution in [0.15, 0.2) is 11.4 Å². The highest BCUT2D eigenvalue weighted by Gasteiger charge is 2.40. The maximum Gasteiger partial charge on any atom is 0.226 e. The van der Waals surface area contributed by atoms with Crippen molar-refractivity contribution in [2.45, 2.75) is 38.1 Å². The van der Waals surface area contributed by atoms with Crippen LogP contribution in [0.5, 0.6) is 0 Å². The molecule has 2 fully saturated rings. The Kier molecular flexibility index (Phi) is 4.93. The number of thiophene rings is 1. The summed E-state index contributed by atoms with van der Waals surface area (Å²) in [6.07, 6.45) is 5.22. The minimum absolute atomic E-state index is 0.227. The van der Waals surface area contributed by atoms with E-state index in [0.29, 0.717) is 17.9 Å². The van der Waals surface area contributed by atoms with Gasteiger partial charge in [0.15, 0.2) is 0 Å². The van der Waals surface area contributed by atoms with E-state index in [9.17, 15) is 4.79 Å². The number of carbonyl (C=O) groups excluding carboxylic acids is 1. The second-order valence-electron chi connectivity index (χ2n) is 7.56. The molecule has 4 nitrogen and oxygen atoms in total. The van der Waals surface area contributed by atoms with E-state index < -0.39 is 0 Å².